The Hall–Kier alpha value is 0.725. The highest BCUT2D eigenvalue weighted by Gasteiger charge is 2.52. The van der Waals surface area contributed by atoms with E-state index >= 15 is 0 Å². The van der Waals surface area contributed by atoms with Gasteiger partial charge in [-0.2, -0.15) is 25.3 Å². The molecular weight excluding hydrogens is 329 g/mol. The van der Waals surface area contributed by atoms with E-state index in [9.17, 15) is 0 Å². The fraction of sp³-hybridized carbons (Fsp3) is 1.00. The molecule has 4 aliphatic rings. The van der Waals surface area contributed by atoms with Gasteiger partial charge < -0.3 is 0 Å². The van der Waals surface area contributed by atoms with Crippen molar-refractivity contribution in [3.63, 3.8) is 0 Å². The Morgan fingerprint density at radius 2 is 1.79 bits per heavy atom. The Morgan fingerprint density at radius 3 is 2.50 bits per heavy atom. The molecule has 0 spiro atoms. The highest BCUT2D eigenvalue weighted by atomic mass is 32.1. The molecule has 4 rings (SSSR count). The molecule has 2 saturated heterocycles. The zero-order valence-corrected chi connectivity index (χ0v) is 17.4. The van der Waals surface area contributed by atoms with Crippen LogP contribution in [0, 0.1) is 29.6 Å². The number of nitrogens with zero attached hydrogens (tertiary/aromatic N) is 1. The van der Waals surface area contributed by atoms with Gasteiger partial charge in [0.05, 0.1) is 13.2 Å². The van der Waals surface area contributed by atoms with E-state index in [0.29, 0.717) is 17.3 Å². The predicted octanol–water partition coefficient (Wildman–Crippen LogP) is 4.83. The van der Waals surface area contributed by atoms with Crippen molar-refractivity contribution < 1.29 is 0 Å². The van der Waals surface area contributed by atoms with E-state index in [1.807, 2.05) is 0 Å². The van der Waals surface area contributed by atoms with E-state index in [1.54, 1.807) is 0 Å². The van der Waals surface area contributed by atoms with Crippen molar-refractivity contribution in [3.05, 3.63) is 0 Å². The highest BCUT2D eigenvalue weighted by Crippen LogP contribution is 2.61. The van der Waals surface area contributed by atoms with Crippen LogP contribution in [0.15, 0.2) is 0 Å². The molecule has 2 aliphatic heterocycles. The second-order valence-corrected chi connectivity index (χ2v) is 11.7. The normalized spacial score (nSPS) is 58.5. The molecule has 4 heteroatoms. The molecule has 9 unspecified atom stereocenters. The third kappa shape index (κ3) is 2.91. The van der Waals surface area contributed by atoms with Crippen molar-refractivity contribution >= 4 is 33.1 Å². The first kappa shape index (κ1) is 18.1. The Kier molecular flexibility index (Phi) is 4.62. The van der Waals surface area contributed by atoms with Crippen molar-refractivity contribution in [2.45, 2.75) is 87.2 Å². The second-order valence-electron chi connectivity index (χ2n) is 10.1. The van der Waals surface area contributed by atoms with Gasteiger partial charge >= 0.3 is 0 Å². The minimum atomic E-state index is 0.0690. The van der Waals surface area contributed by atoms with Crippen molar-refractivity contribution in [1.82, 2.24) is 4.90 Å². The molecule has 2 heterocycles. The van der Waals surface area contributed by atoms with Crippen molar-refractivity contribution in [2.75, 3.05) is 6.54 Å². The van der Waals surface area contributed by atoms with Gasteiger partial charge in [0.25, 0.3) is 0 Å². The van der Waals surface area contributed by atoms with Gasteiger partial charge in [0.1, 0.15) is 0 Å². The van der Waals surface area contributed by atoms with Crippen molar-refractivity contribution in [1.29, 1.82) is 0 Å². The first-order valence-electron chi connectivity index (χ1n) is 10.1. The summed E-state index contributed by atoms with van der Waals surface area (Å²) in [5.74, 6) is 3.86. The lowest BCUT2D eigenvalue weighted by molar-refractivity contribution is -0.000845. The molecule has 0 amide bonds. The van der Waals surface area contributed by atoms with E-state index in [0.717, 1.165) is 23.7 Å². The molecule has 0 aromatic heterocycles. The van der Waals surface area contributed by atoms with Gasteiger partial charge in [-0.25, -0.2) is 0 Å². The molecule has 2 saturated carbocycles. The molecule has 1 nitrogen and oxygen atoms in total. The third-order valence-corrected chi connectivity index (χ3v) is 9.39. The van der Waals surface area contributed by atoms with Crippen LogP contribution in [0.1, 0.15) is 65.7 Å². The fourth-order valence-corrected chi connectivity index (χ4v) is 7.93. The van der Waals surface area contributed by atoms with Crippen LogP contribution in [0.5, 0.6) is 0 Å². The van der Waals surface area contributed by atoms with Gasteiger partial charge in [-0.15, -0.1) is 0 Å². The number of thiol groups is 2. The van der Waals surface area contributed by atoms with Gasteiger partial charge in [-0.1, -0.05) is 32.5 Å². The number of fused-ring (bicyclic) bond motifs is 3. The Balaban J connectivity index is 1.57. The largest absolute Gasteiger partial charge is 0.288 e. The first-order valence-corrected chi connectivity index (χ1v) is 11.1. The van der Waals surface area contributed by atoms with Crippen LogP contribution in [-0.2, 0) is 0 Å². The summed E-state index contributed by atoms with van der Waals surface area (Å²) in [7, 11) is 6.56. The molecule has 0 aromatic carbocycles. The molecule has 24 heavy (non-hydrogen) atoms. The molecule has 0 aromatic rings. The third-order valence-electron chi connectivity index (χ3n) is 8.33. The van der Waals surface area contributed by atoms with Gasteiger partial charge in [-0.3, -0.25) is 4.90 Å². The van der Waals surface area contributed by atoms with E-state index in [4.69, 9.17) is 33.1 Å². The number of hydrogen-bond acceptors (Lipinski definition) is 3. The van der Waals surface area contributed by atoms with Crippen LogP contribution in [0.4, 0.5) is 0 Å². The summed E-state index contributed by atoms with van der Waals surface area (Å²) in [6.45, 7) is 8.39. The average molecular weight is 363 g/mol. The maximum Gasteiger partial charge on any atom is 0.0746 e. The molecular formula is C20H34BNS2. The van der Waals surface area contributed by atoms with Crippen LogP contribution in [0.3, 0.4) is 0 Å². The van der Waals surface area contributed by atoms with Gasteiger partial charge in [0.15, 0.2) is 0 Å². The van der Waals surface area contributed by atoms with E-state index < -0.39 is 0 Å². The maximum atomic E-state index is 6.56. The summed E-state index contributed by atoms with van der Waals surface area (Å²) < 4.78 is 0.246. The van der Waals surface area contributed by atoms with E-state index in [1.165, 1.54) is 51.5 Å². The summed E-state index contributed by atoms with van der Waals surface area (Å²) in [6, 6.07) is 0.694. The molecule has 0 bridgehead atoms. The Bertz CT molecular complexity index is 494. The average Bonchev–Trinajstić information content (AvgIpc) is 2.68. The summed E-state index contributed by atoms with van der Waals surface area (Å²) >= 11 is 10.2. The SMILES string of the molecule is [B]C1(C)CC2CC(S)N3CC4CCC(C)(S)C4CCC3C(C)CC21. The lowest BCUT2D eigenvalue weighted by atomic mass is 9.43. The maximum absolute atomic E-state index is 6.56. The van der Waals surface area contributed by atoms with Crippen LogP contribution in [-0.4, -0.2) is 35.5 Å². The molecule has 134 valence electrons. The van der Waals surface area contributed by atoms with Crippen LogP contribution < -0.4 is 0 Å². The van der Waals surface area contributed by atoms with E-state index in [-0.39, 0.29) is 10.1 Å². The highest BCUT2D eigenvalue weighted by molar-refractivity contribution is 7.81. The monoisotopic (exact) mass is 363 g/mol. The van der Waals surface area contributed by atoms with Crippen molar-refractivity contribution in [3.8, 4) is 0 Å². The molecule has 4 fully saturated rings. The lowest BCUT2D eigenvalue weighted by Gasteiger charge is -2.57. The molecule has 9 atom stereocenters. The summed E-state index contributed by atoms with van der Waals surface area (Å²) in [6.07, 6.45) is 9.06. The summed E-state index contributed by atoms with van der Waals surface area (Å²) in [5.41, 5.74) is 0. The van der Waals surface area contributed by atoms with Gasteiger partial charge in [-0.05, 0) is 68.1 Å². The topological polar surface area (TPSA) is 3.24 Å². The minimum Gasteiger partial charge on any atom is -0.288 e. The van der Waals surface area contributed by atoms with Crippen LogP contribution >= 0.6 is 25.3 Å². The second kappa shape index (κ2) is 6.13. The molecule has 0 N–H and O–H groups in total. The summed E-state index contributed by atoms with van der Waals surface area (Å²) in [4.78, 5) is 2.80. The minimum absolute atomic E-state index is 0.0690. The lowest BCUT2D eigenvalue weighted by Crippen LogP contribution is -2.53. The fourth-order valence-electron chi connectivity index (χ4n) is 6.92. The Morgan fingerprint density at radius 1 is 1.04 bits per heavy atom. The van der Waals surface area contributed by atoms with Gasteiger partial charge in [0, 0.05) is 17.3 Å². The zero-order valence-electron chi connectivity index (χ0n) is 15.6. The van der Waals surface area contributed by atoms with Gasteiger partial charge in [0.2, 0.25) is 0 Å². The number of hydrogen-bond donors (Lipinski definition) is 2. The molecule has 2 radical (unpaired) electrons. The Labute approximate surface area is 161 Å². The predicted molar refractivity (Wildman–Crippen MR) is 110 cm³/mol. The molecule has 2 aliphatic carbocycles. The zero-order chi connectivity index (χ0) is 17.3. The summed E-state index contributed by atoms with van der Waals surface area (Å²) in [5, 5.41) is 0.492. The first-order chi connectivity index (χ1) is 11.2. The van der Waals surface area contributed by atoms with Crippen LogP contribution in [0.25, 0.3) is 0 Å². The smallest absolute Gasteiger partial charge is 0.0746 e. The van der Waals surface area contributed by atoms with Crippen molar-refractivity contribution in [2.24, 2.45) is 29.6 Å². The standard InChI is InChI=1S/C20H34BNS2/c1-12-8-16-14(10-19(16,2)21)9-18(23)22-11-13-6-7-20(3,24)15(13)4-5-17(12)22/h12-18,23-24H,4-11H2,1-3H3. The number of rotatable bonds is 0. The quantitative estimate of drug-likeness (QED) is 0.460. The van der Waals surface area contributed by atoms with E-state index in [2.05, 4.69) is 25.7 Å². The van der Waals surface area contributed by atoms with Crippen LogP contribution in [0.2, 0.25) is 5.31 Å².